The maximum Gasteiger partial charge on any atom is 0.261 e. The van der Waals surface area contributed by atoms with Gasteiger partial charge in [-0.15, -0.1) is 23.7 Å². The van der Waals surface area contributed by atoms with Gasteiger partial charge in [-0.2, -0.15) is 4.98 Å². The smallest absolute Gasteiger partial charge is 0.261 e. The Morgan fingerprint density at radius 3 is 2.63 bits per heavy atom. The number of amides is 1. The van der Waals surface area contributed by atoms with Gasteiger partial charge in [-0.1, -0.05) is 6.92 Å². The predicted molar refractivity (Wildman–Crippen MR) is 109 cm³/mol. The number of carbonyl (C=O) groups is 1. The van der Waals surface area contributed by atoms with Crippen molar-refractivity contribution in [3.63, 3.8) is 0 Å². The number of aryl methyl sites for hydroxylation is 1. The van der Waals surface area contributed by atoms with E-state index in [0.717, 1.165) is 41.7 Å². The van der Waals surface area contributed by atoms with Crippen molar-refractivity contribution in [2.75, 3.05) is 33.9 Å². The number of ether oxygens (including phenoxy) is 2. The number of rotatable bonds is 6. The molecule has 1 saturated heterocycles. The van der Waals surface area contributed by atoms with Crippen LogP contribution in [0.2, 0.25) is 0 Å². The molecule has 3 rings (SSSR count). The van der Waals surface area contributed by atoms with Gasteiger partial charge < -0.3 is 20.1 Å². The van der Waals surface area contributed by atoms with Crippen molar-refractivity contribution < 1.29 is 14.3 Å². The molecule has 7 nitrogen and oxygen atoms in total. The lowest BCUT2D eigenvalue weighted by molar-refractivity contribution is 0.0926. The molecular weight excluding hydrogens is 388 g/mol. The summed E-state index contributed by atoms with van der Waals surface area (Å²) < 4.78 is 10.5. The first-order valence-electron chi connectivity index (χ1n) is 8.79. The highest BCUT2D eigenvalue weighted by atomic mass is 35.5. The summed E-state index contributed by atoms with van der Waals surface area (Å²) in [6, 6.07) is 0. The highest BCUT2D eigenvalue weighted by Crippen LogP contribution is 2.35. The number of hydrogen-bond donors (Lipinski definition) is 2. The van der Waals surface area contributed by atoms with E-state index in [4.69, 9.17) is 9.47 Å². The number of nitrogens with one attached hydrogen (secondary N) is 2. The van der Waals surface area contributed by atoms with E-state index in [1.807, 2.05) is 6.92 Å². The Bertz CT molecular complexity index is 805. The SMILES string of the molecule is COCc1nc(OC)c2c(C)c(C(=O)NCC3(C)CCNCC3)sc2n1.Cl. The fourth-order valence-corrected chi connectivity index (χ4v) is 4.39. The van der Waals surface area contributed by atoms with Crippen LogP contribution in [0.5, 0.6) is 5.88 Å². The van der Waals surface area contributed by atoms with E-state index in [0.29, 0.717) is 29.7 Å². The van der Waals surface area contributed by atoms with Crippen molar-refractivity contribution >= 4 is 39.9 Å². The largest absolute Gasteiger partial charge is 0.480 e. The fourth-order valence-electron chi connectivity index (χ4n) is 3.28. The Morgan fingerprint density at radius 1 is 1.30 bits per heavy atom. The first kappa shape index (κ1) is 21.8. The van der Waals surface area contributed by atoms with Gasteiger partial charge in [0.25, 0.3) is 5.91 Å². The second kappa shape index (κ2) is 9.14. The van der Waals surface area contributed by atoms with Gasteiger partial charge in [-0.3, -0.25) is 4.79 Å². The summed E-state index contributed by atoms with van der Waals surface area (Å²) in [5.74, 6) is 0.980. The molecular formula is C18H27ClN4O3S. The molecule has 1 aliphatic heterocycles. The number of nitrogens with zero attached hydrogens (tertiary/aromatic N) is 2. The maximum absolute atomic E-state index is 12.8. The van der Waals surface area contributed by atoms with E-state index < -0.39 is 0 Å². The molecule has 0 aromatic carbocycles. The Hall–Kier alpha value is -1.48. The summed E-state index contributed by atoms with van der Waals surface area (Å²) in [6.07, 6.45) is 2.14. The number of piperidine rings is 1. The monoisotopic (exact) mass is 414 g/mol. The molecule has 0 bridgehead atoms. The average molecular weight is 415 g/mol. The number of halogens is 1. The molecule has 1 aliphatic rings. The summed E-state index contributed by atoms with van der Waals surface area (Å²) in [5, 5.41) is 7.28. The van der Waals surface area contributed by atoms with Crippen molar-refractivity contribution in [3.05, 3.63) is 16.3 Å². The van der Waals surface area contributed by atoms with Gasteiger partial charge in [0.05, 0.1) is 17.4 Å². The number of methoxy groups -OCH3 is 2. The second-order valence-corrected chi connectivity index (χ2v) is 8.06. The van der Waals surface area contributed by atoms with Gasteiger partial charge in [0.15, 0.2) is 5.82 Å². The van der Waals surface area contributed by atoms with Crippen molar-refractivity contribution in [1.82, 2.24) is 20.6 Å². The van der Waals surface area contributed by atoms with E-state index >= 15 is 0 Å². The zero-order chi connectivity index (χ0) is 18.7. The molecule has 1 fully saturated rings. The third-order valence-corrected chi connectivity index (χ3v) is 6.15. The second-order valence-electron chi connectivity index (χ2n) is 7.06. The predicted octanol–water partition coefficient (Wildman–Crippen LogP) is 2.70. The van der Waals surface area contributed by atoms with Crippen molar-refractivity contribution in [2.24, 2.45) is 5.41 Å². The van der Waals surface area contributed by atoms with Crippen LogP contribution in [0.1, 0.15) is 40.8 Å². The van der Waals surface area contributed by atoms with Crippen LogP contribution in [-0.2, 0) is 11.3 Å². The molecule has 3 heterocycles. The van der Waals surface area contributed by atoms with E-state index in [1.165, 1.54) is 11.3 Å². The van der Waals surface area contributed by atoms with Gasteiger partial charge in [0, 0.05) is 13.7 Å². The fraction of sp³-hybridized carbons (Fsp3) is 0.611. The standard InChI is InChI=1S/C18H26N4O3S.ClH/c1-11-13-16(25-4)21-12(9-24-3)22-17(13)26-14(11)15(23)20-10-18(2)5-7-19-8-6-18;/h19H,5-10H2,1-4H3,(H,20,23);1H. The molecule has 150 valence electrons. The number of fused-ring (bicyclic) bond motifs is 1. The third-order valence-electron chi connectivity index (χ3n) is 4.96. The Kier molecular flexibility index (Phi) is 7.39. The summed E-state index contributed by atoms with van der Waals surface area (Å²) in [4.78, 5) is 23.1. The summed E-state index contributed by atoms with van der Waals surface area (Å²) in [5.41, 5.74) is 1.01. The van der Waals surface area contributed by atoms with Gasteiger partial charge in [0.1, 0.15) is 11.4 Å². The molecule has 2 N–H and O–H groups in total. The Balaban J connectivity index is 0.00000261. The molecule has 2 aromatic heterocycles. The summed E-state index contributed by atoms with van der Waals surface area (Å²) >= 11 is 1.38. The molecule has 0 aliphatic carbocycles. The lowest BCUT2D eigenvalue weighted by Gasteiger charge is -2.34. The van der Waals surface area contributed by atoms with Gasteiger partial charge in [0.2, 0.25) is 5.88 Å². The summed E-state index contributed by atoms with van der Waals surface area (Å²) in [6.45, 7) is 7.14. The van der Waals surface area contributed by atoms with Crippen molar-refractivity contribution in [3.8, 4) is 5.88 Å². The molecule has 0 unspecified atom stereocenters. The summed E-state index contributed by atoms with van der Waals surface area (Å²) in [7, 11) is 3.17. The lowest BCUT2D eigenvalue weighted by atomic mass is 9.81. The van der Waals surface area contributed by atoms with E-state index in [-0.39, 0.29) is 23.7 Å². The highest BCUT2D eigenvalue weighted by molar-refractivity contribution is 7.20. The van der Waals surface area contributed by atoms with Crippen LogP contribution < -0.4 is 15.4 Å². The van der Waals surface area contributed by atoms with Crippen LogP contribution in [0, 0.1) is 12.3 Å². The quantitative estimate of drug-likeness (QED) is 0.755. The van der Waals surface area contributed by atoms with Gasteiger partial charge in [-0.05, 0) is 43.8 Å². The minimum absolute atomic E-state index is 0. The number of thiophene rings is 1. The number of aromatic nitrogens is 2. The topological polar surface area (TPSA) is 85.4 Å². The van der Waals surface area contributed by atoms with Crippen LogP contribution in [0.15, 0.2) is 0 Å². The normalized spacial score (nSPS) is 16.0. The minimum Gasteiger partial charge on any atom is -0.480 e. The number of carbonyl (C=O) groups excluding carboxylic acids is 1. The van der Waals surface area contributed by atoms with Gasteiger partial charge >= 0.3 is 0 Å². The molecule has 0 radical (unpaired) electrons. The van der Waals surface area contributed by atoms with Crippen molar-refractivity contribution in [1.29, 1.82) is 0 Å². The maximum atomic E-state index is 12.8. The van der Waals surface area contributed by atoms with Crippen molar-refractivity contribution in [2.45, 2.75) is 33.3 Å². The number of hydrogen-bond acceptors (Lipinski definition) is 7. The molecule has 27 heavy (non-hydrogen) atoms. The highest BCUT2D eigenvalue weighted by Gasteiger charge is 2.28. The van der Waals surface area contributed by atoms with E-state index in [9.17, 15) is 4.79 Å². The van der Waals surface area contributed by atoms with Crippen LogP contribution in [0.3, 0.4) is 0 Å². The average Bonchev–Trinajstić information content (AvgIpc) is 2.97. The molecule has 0 atom stereocenters. The molecule has 0 saturated carbocycles. The molecule has 9 heteroatoms. The zero-order valence-electron chi connectivity index (χ0n) is 16.2. The van der Waals surface area contributed by atoms with Crippen LogP contribution in [0.25, 0.3) is 10.2 Å². The van der Waals surface area contributed by atoms with Gasteiger partial charge in [-0.25, -0.2) is 4.98 Å². The Morgan fingerprint density at radius 2 is 2.00 bits per heavy atom. The first-order valence-corrected chi connectivity index (χ1v) is 9.61. The Labute approximate surface area is 169 Å². The zero-order valence-corrected chi connectivity index (χ0v) is 17.8. The minimum atomic E-state index is -0.0550. The van der Waals surface area contributed by atoms with E-state index in [2.05, 4.69) is 27.5 Å². The molecule has 0 spiro atoms. The van der Waals surface area contributed by atoms with E-state index in [1.54, 1.807) is 14.2 Å². The third kappa shape index (κ3) is 4.68. The molecule has 2 aromatic rings. The first-order chi connectivity index (χ1) is 12.5. The van der Waals surface area contributed by atoms with Crippen LogP contribution >= 0.6 is 23.7 Å². The van der Waals surface area contributed by atoms with Crippen LogP contribution in [0.4, 0.5) is 0 Å². The molecule has 1 amide bonds. The van der Waals surface area contributed by atoms with Crippen LogP contribution in [-0.4, -0.2) is 49.7 Å². The lowest BCUT2D eigenvalue weighted by Crippen LogP contribution is -2.42.